The molecule has 1 aliphatic carbocycles. The molecule has 13 aromatic rings. The van der Waals surface area contributed by atoms with Crippen molar-refractivity contribution in [2.45, 2.75) is 19.3 Å². The van der Waals surface area contributed by atoms with E-state index < -0.39 is 5.41 Å². The van der Waals surface area contributed by atoms with Crippen molar-refractivity contribution in [1.29, 1.82) is 0 Å². The monoisotopic (exact) mass is 1060 g/mol. The van der Waals surface area contributed by atoms with Crippen LogP contribution in [0, 0.1) is 0 Å². The molecule has 0 spiro atoms. The summed E-state index contributed by atoms with van der Waals surface area (Å²) in [4.78, 5) is 20.2. The number of hydrogen-bond donors (Lipinski definition) is 0. The van der Waals surface area contributed by atoms with Crippen LogP contribution in [0.4, 0.5) is 0 Å². The lowest BCUT2D eigenvalue weighted by Gasteiger charge is -2.35. The molecule has 0 aliphatic heterocycles. The van der Waals surface area contributed by atoms with Gasteiger partial charge in [0.05, 0.1) is 38.9 Å². The summed E-state index contributed by atoms with van der Waals surface area (Å²) in [6, 6.07) is 90.3. The highest BCUT2D eigenvalue weighted by Crippen LogP contribution is 2.58. The summed E-state index contributed by atoms with van der Waals surface area (Å²) in [5.41, 5.74) is 24.2. The molecule has 83 heavy (non-hydrogen) atoms. The maximum Gasteiger partial charge on any atom is 0.0972 e. The number of fused-ring (bicyclic) bond motifs is 9. The van der Waals surface area contributed by atoms with Gasteiger partial charge in [-0.25, -0.2) is 9.97 Å². The van der Waals surface area contributed by atoms with E-state index in [2.05, 4.69) is 269 Å². The summed E-state index contributed by atoms with van der Waals surface area (Å²) in [5.74, 6) is 0. The Bertz CT molecular complexity index is 4580. The van der Waals surface area contributed by atoms with Crippen LogP contribution in [0.1, 0.15) is 63.9 Å². The third kappa shape index (κ3) is 8.98. The van der Waals surface area contributed by atoms with E-state index in [0.717, 1.165) is 99.5 Å². The van der Waals surface area contributed by atoms with Gasteiger partial charge >= 0.3 is 0 Å². The van der Waals surface area contributed by atoms with Crippen molar-refractivity contribution < 1.29 is 0 Å². The Balaban J connectivity index is 1.03. The molecule has 0 amide bonds. The molecule has 0 atom stereocenters. The molecule has 4 nitrogen and oxygen atoms in total. The first kappa shape index (κ1) is 50.5. The average Bonchev–Trinajstić information content (AvgIpc) is 2.88. The van der Waals surface area contributed by atoms with Crippen molar-refractivity contribution in [1.82, 2.24) is 19.9 Å². The van der Waals surface area contributed by atoms with E-state index in [-0.39, 0.29) is 0 Å². The van der Waals surface area contributed by atoms with E-state index in [0.29, 0.717) is 0 Å². The Labute approximate surface area is 484 Å². The van der Waals surface area contributed by atoms with Crippen LogP contribution < -0.4 is 0 Å². The third-order valence-electron chi connectivity index (χ3n) is 16.7. The van der Waals surface area contributed by atoms with Crippen molar-refractivity contribution in [3.8, 4) is 33.6 Å². The van der Waals surface area contributed by atoms with Gasteiger partial charge in [-0.3, -0.25) is 9.97 Å². The zero-order chi connectivity index (χ0) is 55.9. The number of nitrogens with zero attached hydrogens (tertiary/aromatic N) is 4. The Morgan fingerprint density at radius 1 is 0.373 bits per heavy atom. The first-order valence-corrected chi connectivity index (χ1v) is 28.3. The molecule has 4 heterocycles. The number of aromatic nitrogens is 4. The third-order valence-corrected chi connectivity index (χ3v) is 16.7. The summed E-state index contributed by atoms with van der Waals surface area (Å²) >= 11 is 0. The van der Waals surface area contributed by atoms with E-state index in [9.17, 15) is 0 Å². The zero-order valence-corrected chi connectivity index (χ0v) is 46.2. The fourth-order valence-corrected chi connectivity index (χ4v) is 12.6. The Morgan fingerprint density at radius 2 is 0.807 bits per heavy atom. The number of pyridine rings is 4. The lowest BCUT2D eigenvalue weighted by Crippen LogP contribution is -2.29. The second-order valence-corrected chi connectivity index (χ2v) is 21.4. The van der Waals surface area contributed by atoms with Crippen LogP contribution in [0.3, 0.4) is 0 Å². The molecule has 0 saturated heterocycles. The minimum absolute atomic E-state index is 0.808. The number of hydrogen-bond acceptors (Lipinski definition) is 4. The minimum atomic E-state index is -0.808. The van der Waals surface area contributed by atoms with Crippen LogP contribution in [0.25, 0.3) is 99.5 Å². The Morgan fingerprint density at radius 3 is 1.28 bits per heavy atom. The topological polar surface area (TPSA) is 51.6 Å². The number of allylic oxidation sites excluding steroid dienone is 8. The van der Waals surface area contributed by atoms with Crippen LogP contribution in [-0.2, 0) is 5.41 Å². The predicted molar refractivity (Wildman–Crippen MR) is 348 cm³/mol. The SMILES string of the molecule is C=C\C=C/C=C\C(=C(/C)c1ccc2c(c1)C(c1ccc(-c3ccc4ccc5cccnc5c4n3)cc1)(c1ccc(-c3ccc4ccc5cccnc5c4n3)cc1)c1cc(C(C)=C(c3ccccc3)c3ccccc3)ccc1-2)c1ccccc1. The average molecular weight is 1060 g/mol. The van der Waals surface area contributed by atoms with Gasteiger partial charge in [0.15, 0.2) is 0 Å². The molecular weight excluding hydrogens is 1000 g/mol. The fraction of sp³-hybridized carbons (Fsp3) is 0.0380. The molecule has 1 aliphatic rings. The van der Waals surface area contributed by atoms with Crippen LogP contribution >= 0.6 is 0 Å². The normalized spacial score (nSPS) is 12.9. The second kappa shape index (κ2) is 21.4. The summed E-state index contributed by atoms with van der Waals surface area (Å²) < 4.78 is 0. The van der Waals surface area contributed by atoms with Crippen molar-refractivity contribution in [3.05, 3.63) is 348 Å². The zero-order valence-electron chi connectivity index (χ0n) is 46.2. The van der Waals surface area contributed by atoms with Crippen molar-refractivity contribution in [2.75, 3.05) is 0 Å². The van der Waals surface area contributed by atoms with E-state index in [4.69, 9.17) is 19.9 Å². The van der Waals surface area contributed by atoms with Crippen molar-refractivity contribution in [2.24, 2.45) is 0 Å². The number of rotatable bonds is 12. The van der Waals surface area contributed by atoms with Gasteiger partial charge in [0.25, 0.3) is 0 Å². The van der Waals surface area contributed by atoms with Gasteiger partial charge < -0.3 is 0 Å². The van der Waals surface area contributed by atoms with E-state index in [1.807, 2.05) is 42.8 Å². The van der Waals surface area contributed by atoms with E-state index in [1.54, 1.807) is 0 Å². The van der Waals surface area contributed by atoms with Gasteiger partial charge in [0, 0.05) is 45.1 Å². The highest BCUT2D eigenvalue weighted by Gasteiger charge is 2.47. The molecule has 4 heteroatoms. The highest BCUT2D eigenvalue weighted by molar-refractivity contribution is 6.05. The maximum atomic E-state index is 5.33. The second-order valence-electron chi connectivity index (χ2n) is 21.4. The van der Waals surface area contributed by atoms with Gasteiger partial charge in [-0.1, -0.05) is 249 Å². The van der Waals surface area contributed by atoms with E-state index in [1.165, 1.54) is 50.1 Å². The molecule has 14 rings (SSSR count). The minimum Gasteiger partial charge on any atom is -0.254 e. The highest BCUT2D eigenvalue weighted by atomic mass is 14.8. The molecule has 9 aromatic carbocycles. The van der Waals surface area contributed by atoms with Gasteiger partial charge in [-0.05, 0) is 134 Å². The van der Waals surface area contributed by atoms with Crippen LogP contribution in [0.5, 0.6) is 0 Å². The molecule has 0 fully saturated rings. The van der Waals surface area contributed by atoms with Gasteiger partial charge in [-0.15, -0.1) is 0 Å². The van der Waals surface area contributed by atoms with Crippen LogP contribution in [0.15, 0.2) is 298 Å². The Hall–Kier alpha value is -10.7. The van der Waals surface area contributed by atoms with Crippen molar-refractivity contribution in [3.63, 3.8) is 0 Å². The molecule has 4 aromatic heterocycles. The standard InChI is InChI=1S/C79H56N4/c1-4-5-6-16-27-67(54-19-10-7-11-20-54)52(2)63-36-44-68-69-45-37-64(53(3)74(57-21-12-8-13-22-57)58-23-14-9-15-24-58)51-71(69)79(70(68)50-63,65-40-32-55(33-41-65)72-46-38-61-30-28-59-25-17-48-80-75(59)77(61)82-72)66-42-34-56(35-43-66)73-47-39-62-31-29-60-26-18-49-81-76(60)78(62)83-73/h4-51H,1H2,2-3H3/b6-5-,27-16-,67-52-. The quantitative estimate of drug-likeness (QED) is 0.0695. The predicted octanol–water partition coefficient (Wildman–Crippen LogP) is 19.8. The summed E-state index contributed by atoms with van der Waals surface area (Å²) in [6.07, 6.45) is 13.8. The summed E-state index contributed by atoms with van der Waals surface area (Å²) in [5, 5.41) is 4.25. The molecule has 0 bridgehead atoms. The smallest absolute Gasteiger partial charge is 0.0972 e. The first-order valence-electron chi connectivity index (χ1n) is 28.3. The van der Waals surface area contributed by atoms with Gasteiger partial charge in [0.1, 0.15) is 0 Å². The van der Waals surface area contributed by atoms with E-state index >= 15 is 0 Å². The molecule has 0 unspecified atom stereocenters. The first-order chi connectivity index (χ1) is 40.9. The molecular formula is C79H56N4. The summed E-state index contributed by atoms with van der Waals surface area (Å²) in [7, 11) is 0. The van der Waals surface area contributed by atoms with Crippen LogP contribution in [0.2, 0.25) is 0 Å². The maximum absolute atomic E-state index is 5.33. The van der Waals surface area contributed by atoms with Crippen LogP contribution in [-0.4, -0.2) is 19.9 Å². The molecule has 0 N–H and O–H groups in total. The Kier molecular flexibility index (Phi) is 13.0. The lowest BCUT2D eigenvalue weighted by atomic mass is 9.66. The fourth-order valence-electron chi connectivity index (χ4n) is 12.6. The van der Waals surface area contributed by atoms with Crippen molar-refractivity contribution >= 4 is 65.9 Å². The number of benzene rings is 9. The van der Waals surface area contributed by atoms with Gasteiger partial charge in [-0.2, -0.15) is 0 Å². The lowest BCUT2D eigenvalue weighted by molar-refractivity contribution is 0.768. The molecule has 0 saturated carbocycles. The molecule has 392 valence electrons. The summed E-state index contributed by atoms with van der Waals surface area (Å²) in [6.45, 7) is 8.46. The molecule has 0 radical (unpaired) electrons. The van der Waals surface area contributed by atoms with Gasteiger partial charge in [0.2, 0.25) is 0 Å². The largest absolute Gasteiger partial charge is 0.254 e.